The minimum atomic E-state index is -0.651. The first-order chi connectivity index (χ1) is 9.28. The Bertz CT molecular complexity index is 475. The topological polar surface area (TPSA) is 30.5 Å². The number of hydrogen-bond donors (Lipinski definition) is 1. The highest BCUT2D eigenvalue weighted by atomic mass is 19.1. The van der Waals surface area contributed by atoms with Gasteiger partial charge in [0.2, 0.25) is 0 Å². The van der Waals surface area contributed by atoms with E-state index in [-0.39, 0.29) is 5.82 Å². The van der Waals surface area contributed by atoms with Gasteiger partial charge in [0.05, 0.1) is 11.2 Å². The molecule has 1 heterocycles. The van der Waals surface area contributed by atoms with E-state index < -0.39 is 18.3 Å². The molecule has 0 amide bonds. The van der Waals surface area contributed by atoms with Crippen LogP contribution in [-0.4, -0.2) is 24.9 Å². The van der Waals surface area contributed by atoms with E-state index in [2.05, 4.69) is 5.32 Å². The van der Waals surface area contributed by atoms with E-state index in [1.54, 1.807) is 12.1 Å². The normalized spacial score (nSPS) is 20.4. The van der Waals surface area contributed by atoms with Crippen LogP contribution in [0.3, 0.4) is 0 Å². The second-order valence-corrected chi connectivity index (χ2v) is 6.19. The quantitative estimate of drug-likeness (QED) is 0.857. The third-order valence-electron chi connectivity index (χ3n) is 4.18. The summed E-state index contributed by atoms with van der Waals surface area (Å²) in [6.45, 7) is 11.2. The molecule has 0 unspecified atom stereocenters. The molecule has 1 aromatic rings. The summed E-state index contributed by atoms with van der Waals surface area (Å²) in [5.74, 6) is -0.244. The summed E-state index contributed by atoms with van der Waals surface area (Å²) in [6, 6.07) is 5.36. The Balaban J connectivity index is 2.26. The Morgan fingerprint density at radius 3 is 2.30 bits per heavy atom. The largest absolute Gasteiger partial charge is 0.497 e. The van der Waals surface area contributed by atoms with E-state index in [0.29, 0.717) is 17.6 Å². The van der Waals surface area contributed by atoms with E-state index in [1.165, 1.54) is 0 Å². The molecule has 0 spiro atoms. The van der Waals surface area contributed by atoms with Gasteiger partial charge in [-0.25, -0.2) is 4.39 Å². The van der Waals surface area contributed by atoms with Crippen molar-refractivity contribution in [2.45, 2.75) is 52.4 Å². The van der Waals surface area contributed by atoms with Crippen molar-refractivity contribution >= 4 is 12.6 Å². The summed E-state index contributed by atoms with van der Waals surface area (Å²) in [5.41, 5.74) is 0.196. The molecule has 0 aromatic heterocycles. The molecule has 0 bridgehead atoms. The zero-order valence-corrected chi connectivity index (χ0v) is 12.9. The van der Waals surface area contributed by atoms with Gasteiger partial charge in [-0.05, 0) is 34.2 Å². The van der Waals surface area contributed by atoms with Crippen LogP contribution in [0, 0.1) is 5.82 Å². The molecule has 0 radical (unpaired) electrons. The van der Waals surface area contributed by atoms with Crippen LogP contribution >= 0.6 is 0 Å². The molecule has 0 atom stereocenters. The van der Waals surface area contributed by atoms with Crippen molar-refractivity contribution in [1.82, 2.24) is 5.32 Å². The number of rotatable bonds is 4. The molecule has 2 rings (SSSR count). The van der Waals surface area contributed by atoms with E-state index in [0.717, 1.165) is 6.54 Å². The Kier molecular flexibility index (Phi) is 4.23. The second kappa shape index (κ2) is 5.47. The zero-order valence-electron chi connectivity index (χ0n) is 12.9. The van der Waals surface area contributed by atoms with Crippen molar-refractivity contribution < 1.29 is 13.7 Å². The summed E-state index contributed by atoms with van der Waals surface area (Å²) in [7, 11) is -0.651. The fourth-order valence-corrected chi connectivity index (χ4v) is 2.15. The molecule has 3 nitrogen and oxygen atoms in total. The first-order valence-corrected chi connectivity index (χ1v) is 7.12. The van der Waals surface area contributed by atoms with Gasteiger partial charge < -0.3 is 14.6 Å². The third-order valence-corrected chi connectivity index (χ3v) is 4.18. The molecule has 20 heavy (non-hydrogen) atoms. The van der Waals surface area contributed by atoms with Crippen LogP contribution in [0.1, 0.15) is 40.2 Å². The van der Waals surface area contributed by atoms with Gasteiger partial charge in [-0.1, -0.05) is 25.1 Å². The second-order valence-electron chi connectivity index (χ2n) is 6.19. The van der Waals surface area contributed by atoms with Gasteiger partial charge >= 0.3 is 7.12 Å². The molecule has 1 fully saturated rings. The van der Waals surface area contributed by atoms with Crippen LogP contribution < -0.4 is 10.8 Å². The van der Waals surface area contributed by atoms with Gasteiger partial charge in [-0.2, -0.15) is 0 Å². The van der Waals surface area contributed by atoms with Crippen LogP contribution in [0.4, 0.5) is 4.39 Å². The van der Waals surface area contributed by atoms with Gasteiger partial charge in [0, 0.05) is 17.6 Å². The van der Waals surface area contributed by atoms with Gasteiger partial charge in [-0.15, -0.1) is 0 Å². The van der Waals surface area contributed by atoms with Crippen molar-refractivity contribution in [1.29, 1.82) is 0 Å². The number of benzene rings is 1. The van der Waals surface area contributed by atoms with Gasteiger partial charge in [0.1, 0.15) is 5.82 Å². The lowest BCUT2D eigenvalue weighted by atomic mass is 9.78. The molecule has 1 aliphatic rings. The van der Waals surface area contributed by atoms with Crippen LogP contribution in [0.5, 0.6) is 0 Å². The summed E-state index contributed by atoms with van der Waals surface area (Å²) in [6.07, 6.45) is 0. The highest BCUT2D eigenvalue weighted by Crippen LogP contribution is 2.36. The third kappa shape index (κ3) is 2.75. The average Bonchev–Trinajstić information content (AvgIpc) is 2.57. The standard InChI is InChI=1S/C15H23BFNO2/c1-6-18-10-11-8-7-9-12(13(11)17)16-19-14(2,3)15(4,5)20-16/h7-9,18H,6,10H2,1-5H3. The molecular formula is C15H23BFNO2. The van der Waals surface area contributed by atoms with E-state index in [9.17, 15) is 4.39 Å². The summed E-state index contributed by atoms with van der Waals surface area (Å²) in [4.78, 5) is 0. The highest BCUT2D eigenvalue weighted by Gasteiger charge is 2.52. The maximum Gasteiger partial charge on any atom is 0.497 e. The minimum absolute atomic E-state index is 0.244. The number of halogens is 1. The monoisotopic (exact) mass is 279 g/mol. The predicted octanol–water partition coefficient (Wildman–Crippen LogP) is 2.23. The lowest BCUT2D eigenvalue weighted by Gasteiger charge is -2.32. The molecular weight excluding hydrogens is 256 g/mol. The number of hydrogen-bond acceptors (Lipinski definition) is 3. The Hall–Kier alpha value is -0.905. The van der Waals surface area contributed by atoms with Crippen molar-refractivity contribution in [3.63, 3.8) is 0 Å². The molecule has 0 saturated carbocycles. The predicted molar refractivity (Wildman–Crippen MR) is 79.5 cm³/mol. The van der Waals surface area contributed by atoms with Crippen molar-refractivity contribution in [3.8, 4) is 0 Å². The first-order valence-electron chi connectivity index (χ1n) is 7.12. The first kappa shape index (κ1) is 15.5. The minimum Gasteiger partial charge on any atom is -0.399 e. The van der Waals surface area contributed by atoms with Gasteiger partial charge in [-0.3, -0.25) is 0 Å². The molecule has 1 aliphatic heterocycles. The van der Waals surface area contributed by atoms with E-state index >= 15 is 0 Å². The van der Waals surface area contributed by atoms with E-state index in [1.807, 2.05) is 40.7 Å². The Morgan fingerprint density at radius 2 is 1.75 bits per heavy atom. The van der Waals surface area contributed by atoms with E-state index in [4.69, 9.17) is 9.31 Å². The maximum atomic E-state index is 14.6. The van der Waals surface area contributed by atoms with Crippen LogP contribution in [0.25, 0.3) is 0 Å². The molecule has 0 aliphatic carbocycles. The highest BCUT2D eigenvalue weighted by molar-refractivity contribution is 6.62. The van der Waals surface area contributed by atoms with Crippen LogP contribution in [0.15, 0.2) is 18.2 Å². The lowest BCUT2D eigenvalue weighted by molar-refractivity contribution is 0.00578. The maximum absolute atomic E-state index is 14.6. The van der Waals surface area contributed by atoms with Gasteiger partial charge in [0.25, 0.3) is 0 Å². The molecule has 1 aromatic carbocycles. The Labute approximate surface area is 121 Å². The smallest absolute Gasteiger partial charge is 0.399 e. The van der Waals surface area contributed by atoms with Crippen molar-refractivity contribution in [2.24, 2.45) is 0 Å². The average molecular weight is 279 g/mol. The fraction of sp³-hybridized carbons (Fsp3) is 0.600. The molecule has 5 heteroatoms. The summed E-state index contributed by atoms with van der Waals surface area (Å²) in [5, 5.41) is 3.13. The Morgan fingerprint density at radius 1 is 1.15 bits per heavy atom. The lowest BCUT2D eigenvalue weighted by Crippen LogP contribution is -2.41. The molecule has 110 valence electrons. The molecule has 1 N–H and O–H groups in total. The summed E-state index contributed by atoms with van der Waals surface area (Å²) < 4.78 is 26.4. The van der Waals surface area contributed by atoms with Crippen molar-refractivity contribution in [3.05, 3.63) is 29.6 Å². The van der Waals surface area contributed by atoms with Crippen LogP contribution in [-0.2, 0) is 15.9 Å². The van der Waals surface area contributed by atoms with Crippen LogP contribution in [0.2, 0.25) is 0 Å². The molecule has 1 saturated heterocycles. The van der Waals surface area contributed by atoms with Gasteiger partial charge in [0.15, 0.2) is 0 Å². The summed E-state index contributed by atoms with van der Waals surface area (Å²) >= 11 is 0. The number of nitrogens with one attached hydrogen (secondary N) is 1. The van der Waals surface area contributed by atoms with Crippen molar-refractivity contribution in [2.75, 3.05) is 6.54 Å². The SMILES string of the molecule is CCNCc1cccc(B2OC(C)(C)C(C)(C)O2)c1F. The fourth-order valence-electron chi connectivity index (χ4n) is 2.15. The zero-order chi connectivity index (χ0) is 15.0.